The van der Waals surface area contributed by atoms with Gasteiger partial charge in [0.2, 0.25) is 0 Å². The molecule has 5 rings (SSSR count). The number of anilines is 1. The first-order chi connectivity index (χ1) is 15.2. The number of aromatic nitrogens is 2. The highest BCUT2D eigenvalue weighted by Gasteiger charge is 2.33. The van der Waals surface area contributed by atoms with Crippen LogP contribution in [0.4, 0.5) is 5.69 Å². The number of hydrogen-bond donors (Lipinski definition) is 0. The Labute approximate surface area is 185 Å². The summed E-state index contributed by atoms with van der Waals surface area (Å²) in [5, 5.41) is 4.73. The minimum atomic E-state index is 0.160. The number of carbonyl (C=O) groups excluding carboxylic acids is 1. The van der Waals surface area contributed by atoms with Gasteiger partial charge >= 0.3 is 0 Å². The van der Waals surface area contributed by atoms with Crippen molar-refractivity contribution in [1.29, 1.82) is 0 Å². The number of rotatable bonds is 3. The van der Waals surface area contributed by atoms with Crippen LogP contribution in [-0.4, -0.2) is 70.8 Å². The molecule has 2 aromatic rings. The lowest BCUT2D eigenvalue weighted by Gasteiger charge is -2.41. The van der Waals surface area contributed by atoms with Crippen molar-refractivity contribution in [2.45, 2.75) is 51.0 Å². The maximum atomic E-state index is 13.4. The summed E-state index contributed by atoms with van der Waals surface area (Å²) >= 11 is 0. The highest BCUT2D eigenvalue weighted by atomic mass is 16.2. The van der Waals surface area contributed by atoms with Gasteiger partial charge in [0, 0.05) is 69.3 Å². The first kappa shape index (κ1) is 20.6. The molecule has 1 aliphatic carbocycles. The average Bonchev–Trinajstić information content (AvgIpc) is 2.98. The smallest absolute Gasteiger partial charge is 0.274 e. The highest BCUT2D eigenvalue weighted by Crippen LogP contribution is 2.29. The zero-order valence-corrected chi connectivity index (χ0v) is 18.8. The van der Waals surface area contributed by atoms with Crippen molar-refractivity contribution < 1.29 is 4.79 Å². The van der Waals surface area contributed by atoms with E-state index in [1.165, 1.54) is 29.8 Å². The van der Waals surface area contributed by atoms with E-state index in [0.717, 1.165) is 77.1 Å². The Hall–Kier alpha value is -2.34. The second kappa shape index (κ2) is 9.03. The standard InChI is InChI=1S/C25H35N5O/c1-27-23-12-11-21(29-17-15-28(16-18-29)20-9-5-4-6-10-20)19-22(23)24(26-27)25(31)30-13-7-2-3-8-14-30/h4-6,9-10,21H,2-3,7-8,11-19H2,1H3. The van der Waals surface area contributed by atoms with Crippen molar-refractivity contribution in [1.82, 2.24) is 19.6 Å². The molecule has 2 aliphatic heterocycles. The zero-order chi connectivity index (χ0) is 21.2. The number of fused-ring (bicyclic) bond motifs is 1. The van der Waals surface area contributed by atoms with Gasteiger partial charge in [0.25, 0.3) is 5.91 Å². The van der Waals surface area contributed by atoms with Gasteiger partial charge in [-0.05, 0) is 44.2 Å². The number of para-hydroxylation sites is 1. The van der Waals surface area contributed by atoms with Crippen LogP contribution in [0.1, 0.15) is 53.8 Å². The summed E-state index contributed by atoms with van der Waals surface area (Å²) in [6.45, 7) is 6.08. The van der Waals surface area contributed by atoms with Gasteiger partial charge in [0.05, 0.1) is 0 Å². The van der Waals surface area contributed by atoms with Gasteiger partial charge < -0.3 is 9.80 Å². The molecule has 3 heterocycles. The fraction of sp³-hybridized carbons (Fsp3) is 0.600. The van der Waals surface area contributed by atoms with Crippen LogP contribution in [0.15, 0.2) is 30.3 Å². The molecule has 2 fully saturated rings. The van der Waals surface area contributed by atoms with E-state index in [0.29, 0.717) is 6.04 Å². The summed E-state index contributed by atoms with van der Waals surface area (Å²) in [4.78, 5) is 20.5. The van der Waals surface area contributed by atoms with E-state index >= 15 is 0 Å². The fourth-order valence-corrected chi connectivity index (χ4v) is 5.66. The lowest BCUT2D eigenvalue weighted by Crippen LogP contribution is -2.52. The maximum Gasteiger partial charge on any atom is 0.274 e. The SMILES string of the molecule is Cn1nc(C(=O)N2CCCCCC2)c2c1CCC(N1CCN(c3ccccc3)CC1)C2. The molecule has 0 bridgehead atoms. The third kappa shape index (κ3) is 4.22. The van der Waals surface area contributed by atoms with Crippen molar-refractivity contribution in [2.24, 2.45) is 7.05 Å². The van der Waals surface area contributed by atoms with Crippen LogP contribution in [0.25, 0.3) is 0 Å². The van der Waals surface area contributed by atoms with E-state index in [4.69, 9.17) is 5.10 Å². The van der Waals surface area contributed by atoms with Crippen LogP contribution >= 0.6 is 0 Å². The Bertz CT molecular complexity index is 892. The number of amides is 1. The van der Waals surface area contributed by atoms with Crippen LogP contribution in [0, 0.1) is 0 Å². The van der Waals surface area contributed by atoms with Gasteiger partial charge in [-0.2, -0.15) is 5.10 Å². The van der Waals surface area contributed by atoms with E-state index < -0.39 is 0 Å². The lowest BCUT2D eigenvalue weighted by molar-refractivity contribution is 0.0753. The number of piperazine rings is 1. The van der Waals surface area contributed by atoms with Gasteiger partial charge in [-0.15, -0.1) is 0 Å². The Balaban J connectivity index is 1.27. The number of likely N-dealkylation sites (tertiary alicyclic amines) is 1. The molecule has 2 saturated heterocycles. The van der Waals surface area contributed by atoms with Crippen molar-refractivity contribution in [2.75, 3.05) is 44.2 Å². The van der Waals surface area contributed by atoms with E-state index in [2.05, 4.69) is 45.0 Å². The molecule has 0 saturated carbocycles. The molecule has 1 atom stereocenters. The minimum Gasteiger partial charge on any atom is -0.369 e. The zero-order valence-electron chi connectivity index (χ0n) is 18.8. The Morgan fingerprint density at radius 2 is 1.65 bits per heavy atom. The second-order valence-electron chi connectivity index (χ2n) is 9.36. The summed E-state index contributed by atoms with van der Waals surface area (Å²) in [6, 6.07) is 11.3. The third-order valence-electron chi connectivity index (χ3n) is 7.48. The van der Waals surface area contributed by atoms with Gasteiger partial charge in [-0.1, -0.05) is 31.0 Å². The largest absolute Gasteiger partial charge is 0.369 e. The molecule has 6 nitrogen and oxygen atoms in total. The molecule has 1 amide bonds. The summed E-state index contributed by atoms with van der Waals surface area (Å²) < 4.78 is 1.98. The first-order valence-corrected chi connectivity index (χ1v) is 12.1. The molecule has 1 unspecified atom stereocenters. The Morgan fingerprint density at radius 3 is 2.35 bits per heavy atom. The minimum absolute atomic E-state index is 0.160. The van der Waals surface area contributed by atoms with Crippen LogP contribution < -0.4 is 4.90 Å². The lowest BCUT2D eigenvalue weighted by atomic mass is 9.89. The molecule has 3 aliphatic rings. The second-order valence-corrected chi connectivity index (χ2v) is 9.36. The Kier molecular flexibility index (Phi) is 5.99. The van der Waals surface area contributed by atoms with E-state index in [1.807, 2.05) is 11.7 Å². The summed E-state index contributed by atoms with van der Waals surface area (Å²) in [5.41, 5.74) is 4.55. The van der Waals surface area contributed by atoms with Gasteiger partial charge in [-0.3, -0.25) is 14.4 Å². The molecule has 0 radical (unpaired) electrons. The van der Waals surface area contributed by atoms with E-state index in [-0.39, 0.29) is 5.91 Å². The van der Waals surface area contributed by atoms with Crippen LogP contribution in [-0.2, 0) is 19.9 Å². The predicted molar refractivity (Wildman–Crippen MR) is 124 cm³/mol. The molecule has 1 aromatic carbocycles. The van der Waals surface area contributed by atoms with Gasteiger partial charge in [0.15, 0.2) is 5.69 Å². The summed E-state index contributed by atoms with van der Waals surface area (Å²) in [6.07, 6.45) is 7.86. The molecule has 6 heteroatoms. The fourth-order valence-electron chi connectivity index (χ4n) is 5.66. The normalized spacial score (nSPS) is 22.8. The molecule has 166 valence electrons. The third-order valence-corrected chi connectivity index (χ3v) is 7.48. The number of hydrogen-bond acceptors (Lipinski definition) is 4. The molecule has 31 heavy (non-hydrogen) atoms. The summed E-state index contributed by atoms with van der Waals surface area (Å²) in [5.74, 6) is 0.160. The summed E-state index contributed by atoms with van der Waals surface area (Å²) in [7, 11) is 2.01. The topological polar surface area (TPSA) is 44.6 Å². The van der Waals surface area contributed by atoms with E-state index in [1.54, 1.807) is 0 Å². The van der Waals surface area contributed by atoms with Crippen LogP contribution in [0.3, 0.4) is 0 Å². The van der Waals surface area contributed by atoms with Gasteiger partial charge in [-0.25, -0.2) is 0 Å². The van der Waals surface area contributed by atoms with Crippen molar-refractivity contribution in [3.05, 3.63) is 47.3 Å². The van der Waals surface area contributed by atoms with Crippen LogP contribution in [0.2, 0.25) is 0 Å². The van der Waals surface area contributed by atoms with Crippen LogP contribution in [0.5, 0.6) is 0 Å². The number of aryl methyl sites for hydroxylation is 1. The maximum absolute atomic E-state index is 13.4. The predicted octanol–water partition coefficient (Wildman–Crippen LogP) is 3.12. The molecule has 0 N–H and O–H groups in total. The van der Waals surface area contributed by atoms with Crippen molar-refractivity contribution in [3.63, 3.8) is 0 Å². The van der Waals surface area contributed by atoms with Crippen molar-refractivity contribution >= 4 is 11.6 Å². The van der Waals surface area contributed by atoms with E-state index in [9.17, 15) is 4.79 Å². The number of carbonyl (C=O) groups is 1. The quantitative estimate of drug-likeness (QED) is 0.764. The highest BCUT2D eigenvalue weighted by molar-refractivity contribution is 5.94. The number of benzene rings is 1. The van der Waals surface area contributed by atoms with Crippen molar-refractivity contribution in [3.8, 4) is 0 Å². The first-order valence-electron chi connectivity index (χ1n) is 12.1. The Morgan fingerprint density at radius 1 is 0.935 bits per heavy atom. The average molecular weight is 422 g/mol. The van der Waals surface area contributed by atoms with Gasteiger partial charge in [0.1, 0.15) is 0 Å². The molecular weight excluding hydrogens is 386 g/mol. The number of nitrogens with zero attached hydrogens (tertiary/aromatic N) is 5. The monoisotopic (exact) mass is 421 g/mol. The molecule has 0 spiro atoms. The molecule has 1 aromatic heterocycles. The molecular formula is C25H35N5O.